The summed E-state index contributed by atoms with van der Waals surface area (Å²) in [5.41, 5.74) is 0. The van der Waals surface area contributed by atoms with Crippen LogP contribution in [0.2, 0.25) is 0 Å². The Hall–Kier alpha value is -1.10. The molecule has 0 spiro atoms. The number of rotatable bonds is 7. The third-order valence-corrected chi connectivity index (χ3v) is 3.07. The molecule has 5 heteroatoms. The van der Waals surface area contributed by atoms with Crippen LogP contribution in [0.25, 0.3) is 0 Å². The van der Waals surface area contributed by atoms with Gasteiger partial charge in [0.15, 0.2) is 0 Å². The number of nitrogens with zero attached hydrogens (tertiary/aromatic N) is 1. The molecule has 0 heterocycles. The van der Waals surface area contributed by atoms with Crippen LogP contribution in [-0.2, 0) is 9.59 Å². The van der Waals surface area contributed by atoms with Gasteiger partial charge in [0, 0.05) is 12.6 Å². The van der Waals surface area contributed by atoms with E-state index in [0.717, 1.165) is 12.8 Å². The number of aliphatic carboxylic acids is 1. The third kappa shape index (κ3) is 6.00. The molecule has 0 aromatic heterocycles. The van der Waals surface area contributed by atoms with Crippen LogP contribution in [0.15, 0.2) is 0 Å². The molecule has 0 aromatic rings. The quantitative estimate of drug-likeness (QED) is 0.715. The molecule has 0 aromatic carbocycles. The van der Waals surface area contributed by atoms with Crippen molar-refractivity contribution >= 4 is 11.9 Å². The van der Waals surface area contributed by atoms with Crippen LogP contribution in [0.4, 0.5) is 0 Å². The Morgan fingerprint density at radius 2 is 1.89 bits per heavy atom. The van der Waals surface area contributed by atoms with Crippen molar-refractivity contribution < 1.29 is 14.7 Å². The predicted molar refractivity (Wildman–Crippen MR) is 69.3 cm³/mol. The number of nitrogens with one attached hydrogen (secondary N) is 1. The Bertz CT molecular complexity index is 286. The van der Waals surface area contributed by atoms with Crippen LogP contribution in [0.5, 0.6) is 0 Å². The maximum Gasteiger partial charge on any atom is 0.317 e. The zero-order valence-corrected chi connectivity index (χ0v) is 11.3. The van der Waals surface area contributed by atoms with Crippen molar-refractivity contribution in [2.24, 2.45) is 5.92 Å². The van der Waals surface area contributed by atoms with Gasteiger partial charge in [-0.2, -0.15) is 0 Å². The highest BCUT2D eigenvalue weighted by Crippen LogP contribution is 2.17. The van der Waals surface area contributed by atoms with E-state index in [1.54, 1.807) is 4.90 Å². The summed E-state index contributed by atoms with van der Waals surface area (Å²) in [6.07, 6.45) is 4.45. The summed E-state index contributed by atoms with van der Waals surface area (Å²) in [4.78, 5) is 24.3. The van der Waals surface area contributed by atoms with Gasteiger partial charge in [0.05, 0.1) is 13.1 Å². The molecule has 1 aliphatic carbocycles. The first kappa shape index (κ1) is 15.0. The Morgan fingerprint density at radius 1 is 1.28 bits per heavy atom. The summed E-state index contributed by atoms with van der Waals surface area (Å²) in [7, 11) is 0. The van der Waals surface area contributed by atoms with Crippen LogP contribution in [0, 0.1) is 5.92 Å². The molecule has 1 amide bonds. The fourth-order valence-corrected chi connectivity index (χ4v) is 2.44. The average Bonchev–Trinajstić information content (AvgIpc) is 2.67. The Labute approximate surface area is 109 Å². The molecule has 0 atom stereocenters. The molecule has 1 saturated carbocycles. The Kier molecular flexibility index (Phi) is 6.12. The number of hydrogen-bond acceptors (Lipinski definition) is 3. The van der Waals surface area contributed by atoms with E-state index in [0.29, 0.717) is 18.5 Å². The average molecular weight is 256 g/mol. The standard InChI is InChI=1S/C13H24N2O3/c1-10(2)7-15(9-13(17)18)8-12(16)14-11-5-3-4-6-11/h10-11H,3-9H2,1-2H3,(H,14,16)(H,17,18). The van der Waals surface area contributed by atoms with Gasteiger partial charge in [-0.3, -0.25) is 14.5 Å². The molecular formula is C13H24N2O3. The minimum atomic E-state index is -0.885. The predicted octanol–water partition coefficient (Wildman–Crippen LogP) is 1.09. The van der Waals surface area contributed by atoms with E-state index in [-0.39, 0.29) is 19.0 Å². The largest absolute Gasteiger partial charge is 0.480 e. The van der Waals surface area contributed by atoms with Crippen LogP contribution in [0.3, 0.4) is 0 Å². The summed E-state index contributed by atoms with van der Waals surface area (Å²) in [5.74, 6) is -0.586. The highest BCUT2D eigenvalue weighted by Gasteiger charge is 2.20. The molecule has 1 aliphatic rings. The van der Waals surface area contributed by atoms with Crippen LogP contribution >= 0.6 is 0 Å². The molecule has 2 N–H and O–H groups in total. The van der Waals surface area contributed by atoms with E-state index in [1.165, 1.54) is 12.8 Å². The molecule has 5 nitrogen and oxygen atoms in total. The van der Waals surface area contributed by atoms with Crippen molar-refractivity contribution in [3.63, 3.8) is 0 Å². The lowest BCUT2D eigenvalue weighted by atomic mass is 10.2. The first-order valence-corrected chi connectivity index (χ1v) is 6.71. The zero-order valence-electron chi connectivity index (χ0n) is 11.3. The van der Waals surface area contributed by atoms with Gasteiger partial charge in [-0.1, -0.05) is 26.7 Å². The van der Waals surface area contributed by atoms with Gasteiger partial charge >= 0.3 is 5.97 Å². The van der Waals surface area contributed by atoms with Crippen molar-refractivity contribution in [3.05, 3.63) is 0 Å². The number of carboxylic acids is 1. The molecular weight excluding hydrogens is 232 g/mol. The van der Waals surface area contributed by atoms with Crippen molar-refractivity contribution in [1.82, 2.24) is 10.2 Å². The van der Waals surface area contributed by atoms with Gasteiger partial charge in [0.1, 0.15) is 0 Å². The molecule has 0 aliphatic heterocycles. The van der Waals surface area contributed by atoms with Gasteiger partial charge in [-0.25, -0.2) is 0 Å². The molecule has 0 radical (unpaired) electrons. The van der Waals surface area contributed by atoms with Gasteiger partial charge < -0.3 is 10.4 Å². The van der Waals surface area contributed by atoms with E-state index in [1.807, 2.05) is 13.8 Å². The van der Waals surface area contributed by atoms with Crippen molar-refractivity contribution in [2.75, 3.05) is 19.6 Å². The molecule has 18 heavy (non-hydrogen) atoms. The van der Waals surface area contributed by atoms with Crippen molar-refractivity contribution in [1.29, 1.82) is 0 Å². The number of carbonyl (C=O) groups is 2. The van der Waals surface area contributed by atoms with E-state index >= 15 is 0 Å². The Balaban J connectivity index is 2.37. The lowest BCUT2D eigenvalue weighted by molar-refractivity contribution is -0.138. The second-order valence-electron chi connectivity index (χ2n) is 5.51. The summed E-state index contributed by atoms with van der Waals surface area (Å²) in [5, 5.41) is 11.8. The minimum absolute atomic E-state index is 0.0520. The van der Waals surface area contributed by atoms with E-state index in [9.17, 15) is 9.59 Å². The molecule has 1 rings (SSSR count). The second kappa shape index (κ2) is 7.36. The number of carboxylic acid groups (broad SMARTS) is 1. The van der Waals surface area contributed by atoms with Gasteiger partial charge in [-0.05, 0) is 18.8 Å². The first-order chi connectivity index (χ1) is 8.47. The molecule has 0 saturated heterocycles. The molecule has 104 valence electrons. The van der Waals surface area contributed by atoms with Crippen molar-refractivity contribution in [2.45, 2.75) is 45.6 Å². The highest BCUT2D eigenvalue weighted by molar-refractivity contribution is 5.79. The summed E-state index contributed by atoms with van der Waals surface area (Å²) < 4.78 is 0. The summed E-state index contributed by atoms with van der Waals surface area (Å²) >= 11 is 0. The Morgan fingerprint density at radius 3 is 2.39 bits per heavy atom. The topological polar surface area (TPSA) is 69.6 Å². The van der Waals surface area contributed by atoms with Crippen LogP contribution in [0.1, 0.15) is 39.5 Å². The normalized spacial score (nSPS) is 16.4. The minimum Gasteiger partial charge on any atom is -0.480 e. The zero-order chi connectivity index (χ0) is 13.5. The lowest BCUT2D eigenvalue weighted by Crippen LogP contribution is -2.44. The van der Waals surface area contributed by atoms with E-state index < -0.39 is 5.97 Å². The molecule has 0 bridgehead atoms. The third-order valence-electron chi connectivity index (χ3n) is 3.07. The number of hydrogen-bond donors (Lipinski definition) is 2. The van der Waals surface area contributed by atoms with E-state index in [2.05, 4.69) is 5.32 Å². The van der Waals surface area contributed by atoms with Crippen LogP contribution in [-0.4, -0.2) is 47.6 Å². The SMILES string of the molecule is CC(C)CN(CC(=O)O)CC(=O)NC1CCCC1. The van der Waals surface area contributed by atoms with Crippen molar-refractivity contribution in [3.8, 4) is 0 Å². The second-order valence-corrected chi connectivity index (χ2v) is 5.51. The maximum atomic E-state index is 11.8. The fraction of sp³-hybridized carbons (Fsp3) is 0.846. The molecule has 1 fully saturated rings. The van der Waals surface area contributed by atoms with Crippen LogP contribution < -0.4 is 5.32 Å². The van der Waals surface area contributed by atoms with E-state index in [4.69, 9.17) is 5.11 Å². The molecule has 0 unspecified atom stereocenters. The van der Waals surface area contributed by atoms with Gasteiger partial charge in [0.2, 0.25) is 5.91 Å². The fourth-order valence-electron chi connectivity index (χ4n) is 2.44. The summed E-state index contributed by atoms with van der Waals surface area (Å²) in [6, 6.07) is 0.295. The number of carbonyl (C=O) groups excluding carboxylic acids is 1. The highest BCUT2D eigenvalue weighted by atomic mass is 16.4. The lowest BCUT2D eigenvalue weighted by Gasteiger charge is -2.22. The summed E-state index contributed by atoms with van der Waals surface area (Å²) in [6.45, 7) is 4.77. The smallest absolute Gasteiger partial charge is 0.317 e. The number of amides is 1. The first-order valence-electron chi connectivity index (χ1n) is 6.71. The van der Waals surface area contributed by atoms with Gasteiger partial charge in [-0.15, -0.1) is 0 Å². The monoisotopic (exact) mass is 256 g/mol. The maximum absolute atomic E-state index is 11.8. The van der Waals surface area contributed by atoms with Gasteiger partial charge in [0.25, 0.3) is 0 Å².